The maximum absolute atomic E-state index is 11.7. The number of primary sulfonamides is 1. The third-order valence-corrected chi connectivity index (χ3v) is 5.93. The van der Waals surface area contributed by atoms with Gasteiger partial charge in [0.15, 0.2) is 0 Å². The van der Waals surface area contributed by atoms with Crippen LogP contribution in [0.4, 0.5) is 0 Å². The maximum atomic E-state index is 11.7. The van der Waals surface area contributed by atoms with Crippen molar-refractivity contribution in [3.05, 3.63) is 64.8 Å². The molecule has 8 nitrogen and oxygen atoms in total. The SMILES string of the molecule is Cc1ccc(-c2cc(CCC(=O)N(C)O)nn2-c2ccc(S(N)(=O)=O)cc2)cc1Cl. The second-order valence-electron chi connectivity index (χ2n) is 6.85. The van der Waals surface area contributed by atoms with Gasteiger partial charge in [-0.05, 0) is 48.9 Å². The van der Waals surface area contributed by atoms with Crippen molar-refractivity contribution in [2.75, 3.05) is 7.05 Å². The van der Waals surface area contributed by atoms with Gasteiger partial charge in [0.1, 0.15) is 0 Å². The lowest BCUT2D eigenvalue weighted by molar-refractivity contribution is -0.159. The van der Waals surface area contributed by atoms with E-state index in [-0.39, 0.29) is 11.3 Å². The summed E-state index contributed by atoms with van der Waals surface area (Å²) in [7, 11) is -2.54. The summed E-state index contributed by atoms with van der Waals surface area (Å²) < 4.78 is 24.7. The number of hydrogen-bond acceptors (Lipinski definition) is 5. The smallest absolute Gasteiger partial charge is 0.246 e. The Labute approximate surface area is 179 Å². The van der Waals surface area contributed by atoms with Gasteiger partial charge in [0.2, 0.25) is 15.9 Å². The standard InChI is InChI=1S/C20H21ClN4O4S/c1-13-3-4-14(11-18(13)21)19-12-15(5-10-20(26)24(2)27)23-25(19)16-6-8-17(9-7-16)30(22,28)29/h3-4,6-9,11-12,27H,5,10H2,1-2H3,(H2,22,28,29). The minimum atomic E-state index is -3.81. The van der Waals surface area contributed by atoms with Crippen LogP contribution in [0.3, 0.4) is 0 Å². The van der Waals surface area contributed by atoms with E-state index in [0.717, 1.165) is 16.8 Å². The highest BCUT2D eigenvalue weighted by atomic mass is 35.5. The van der Waals surface area contributed by atoms with Crippen LogP contribution in [0.2, 0.25) is 5.02 Å². The fourth-order valence-electron chi connectivity index (χ4n) is 2.88. The third-order valence-electron chi connectivity index (χ3n) is 4.59. The second-order valence-corrected chi connectivity index (χ2v) is 8.82. The topological polar surface area (TPSA) is 119 Å². The van der Waals surface area contributed by atoms with Crippen molar-refractivity contribution in [2.45, 2.75) is 24.7 Å². The van der Waals surface area contributed by atoms with Crippen molar-refractivity contribution < 1.29 is 18.4 Å². The Hall–Kier alpha value is -2.72. The van der Waals surface area contributed by atoms with Gasteiger partial charge < -0.3 is 0 Å². The van der Waals surface area contributed by atoms with E-state index in [1.165, 1.54) is 19.2 Å². The van der Waals surface area contributed by atoms with Crippen molar-refractivity contribution in [1.82, 2.24) is 14.8 Å². The minimum absolute atomic E-state index is 0.00450. The summed E-state index contributed by atoms with van der Waals surface area (Å²) in [5.74, 6) is -0.429. The molecule has 1 heterocycles. The first kappa shape index (κ1) is 22.0. The number of rotatable bonds is 6. The van der Waals surface area contributed by atoms with Crippen molar-refractivity contribution in [3.8, 4) is 16.9 Å². The third kappa shape index (κ3) is 4.88. The molecule has 0 bridgehead atoms. The molecule has 0 saturated carbocycles. The number of sulfonamides is 1. The molecule has 2 aromatic carbocycles. The normalized spacial score (nSPS) is 11.5. The number of carbonyl (C=O) groups is 1. The summed E-state index contributed by atoms with van der Waals surface area (Å²) in [6.45, 7) is 1.90. The van der Waals surface area contributed by atoms with Gasteiger partial charge in [0, 0.05) is 30.5 Å². The summed E-state index contributed by atoms with van der Waals surface area (Å²) in [5, 5.41) is 20.1. The number of carbonyl (C=O) groups excluding carboxylic acids is 1. The quantitative estimate of drug-likeness (QED) is 0.444. The highest BCUT2D eigenvalue weighted by molar-refractivity contribution is 7.89. The Morgan fingerprint density at radius 2 is 1.87 bits per heavy atom. The molecule has 0 fully saturated rings. The highest BCUT2D eigenvalue weighted by Crippen LogP contribution is 2.29. The van der Waals surface area contributed by atoms with Gasteiger partial charge >= 0.3 is 0 Å². The average molecular weight is 449 g/mol. The van der Waals surface area contributed by atoms with E-state index in [9.17, 15) is 18.4 Å². The number of aryl methyl sites for hydroxylation is 2. The number of nitrogens with two attached hydrogens (primary N) is 1. The van der Waals surface area contributed by atoms with Gasteiger partial charge in [-0.25, -0.2) is 23.3 Å². The Morgan fingerprint density at radius 1 is 1.20 bits per heavy atom. The van der Waals surface area contributed by atoms with Gasteiger partial charge in [-0.3, -0.25) is 10.0 Å². The summed E-state index contributed by atoms with van der Waals surface area (Å²) in [6.07, 6.45) is 0.404. The summed E-state index contributed by atoms with van der Waals surface area (Å²) in [6, 6.07) is 13.5. The van der Waals surface area contributed by atoms with Crippen LogP contribution in [-0.2, 0) is 21.2 Å². The molecule has 0 aliphatic rings. The van der Waals surface area contributed by atoms with Gasteiger partial charge in [0.25, 0.3) is 0 Å². The Balaban J connectivity index is 2.05. The van der Waals surface area contributed by atoms with Crippen molar-refractivity contribution >= 4 is 27.5 Å². The van der Waals surface area contributed by atoms with Gasteiger partial charge in [-0.2, -0.15) is 5.10 Å². The number of aromatic nitrogens is 2. The van der Waals surface area contributed by atoms with Crippen LogP contribution in [-0.4, -0.2) is 41.4 Å². The van der Waals surface area contributed by atoms with Gasteiger partial charge in [-0.15, -0.1) is 0 Å². The first-order chi connectivity index (χ1) is 14.1. The fourth-order valence-corrected chi connectivity index (χ4v) is 3.58. The number of benzene rings is 2. The first-order valence-electron chi connectivity index (χ1n) is 9.00. The molecule has 0 unspecified atom stereocenters. The average Bonchev–Trinajstić information content (AvgIpc) is 3.12. The molecule has 3 N–H and O–H groups in total. The Kier molecular flexibility index (Phi) is 6.27. The van der Waals surface area contributed by atoms with E-state index in [1.54, 1.807) is 16.8 Å². The van der Waals surface area contributed by atoms with E-state index in [0.29, 0.717) is 27.9 Å². The van der Waals surface area contributed by atoms with Crippen LogP contribution in [0, 0.1) is 6.92 Å². The molecule has 0 spiro atoms. The molecule has 0 radical (unpaired) electrons. The molecule has 0 aliphatic carbocycles. The van der Waals surface area contributed by atoms with Crippen LogP contribution in [0.1, 0.15) is 17.7 Å². The molecule has 3 aromatic rings. The predicted molar refractivity (Wildman–Crippen MR) is 113 cm³/mol. The predicted octanol–water partition coefficient (Wildman–Crippen LogP) is 2.93. The maximum Gasteiger partial charge on any atom is 0.246 e. The lowest BCUT2D eigenvalue weighted by Gasteiger charge is -2.09. The lowest BCUT2D eigenvalue weighted by Crippen LogP contribution is -2.22. The largest absolute Gasteiger partial charge is 0.286 e. The summed E-state index contributed by atoms with van der Waals surface area (Å²) in [5.41, 5.74) is 3.71. The molecule has 1 amide bonds. The summed E-state index contributed by atoms with van der Waals surface area (Å²) >= 11 is 6.29. The van der Waals surface area contributed by atoms with E-state index < -0.39 is 15.9 Å². The van der Waals surface area contributed by atoms with Crippen molar-refractivity contribution in [2.24, 2.45) is 5.14 Å². The molecular weight excluding hydrogens is 428 g/mol. The van der Waals surface area contributed by atoms with Crippen LogP contribution in [0.15, 0.2) is 53.4 Å². The molecule has 0 aliphatic heterocycles. The molecular formula is C20H21ClN4O4S. The zero-order chi connectivity index (χ0) is 22.1. The lowest BCUT2D eigenvalue weighted by atomic mass is 10.1. The zero-order valence-corrected chi connectivity index (χ0v) is 18.0. The van der Waals surface area contributed by atoms with Crippen LogP contribution in [0.25, 0.3) is 16.9 Å². The Morgan fingerprint density at radius 3 is 2.43 bits per heavy atom. The monoisotopic (exact) mass is 448 g/mol. The zero-order valence-electron chi connectivity index (χ0n) is 16.4. The summed E-state index contributed by atoms with van der Waals surface area (Å²) in [4.78, 5) is 11.7. The van der Waals surface area contributed by atoms with Crippen LogP contribution in [0.5, 0.6) is 0 Å². The van der Waals surface area contributed by atoms with Crippen LogP contribution < -0.4 is 5.14 Å². The van der Waals surface area contributed by atoms with Crippen molar-refractivity contribution in [3.63, 3.8) is 0 Å². The molecule has 158 valence electrons. The molecule has 10 heteroatoms. The molecule has 0 saturated heterocycles. The number of hydroxylamine groups is 2. The number of nitrogens with zero attached hydrogens (tertiary/aromatic N) is 3. The highest BCUT2D eigenvalue weighted by Gasteiger charge is 2.16. The second kappa shape index (κ2) is 8.57. The molecule has 0 atom stereocenters. The van der Waals surface area contributed by atoms with E-state index in [4.69, 9.17) is 16.7 Å². The van der Waals surface area contributed by atoms with Gasteiger partial charge in [0.05, 0.1) is 22.0 Å². The first-order valence-corrected chi connectivity index (χ1v) is 10.9. The number of halogens is 1. The number of amides is 1. The van der Waals surface area contributed by atoms with Gasteiger partial charge in [-0.1, -0.05) is 23.7 Å². The Bertz CT molecular complexity index is 1190. The molecule has 30 heavy (non-hydrogen) atoms. The van der Waals surface area contributed by atoms with Crippen LogP contribution >= 0.6 is 11.6 Å². The number of hydrogen-bond donors (Lipinski definition) is 2. The van der Waals surface area contributed by atoms with Crippen molar-refractivity contribution in [1.29, 1.82) is 0 Å². The van der Waals surface area contributed by atoms with E-state index >= 15 is 0 Å². The molecule has 3 rings (SSSR count). The van der Waals surface area contributed by atoms with E-state index in [1.807, 2.05) is 31.2 Å². The minimum Gasteiger partial charge on any atom is -0.286 e. The molecule has 1 aromatic heterocycles. The fraction of sp³-hybridized carbons (Fsp3) is 0.200. The van der Waals surface area contributed by atoms with E-state index in [2.05, 4.69) is 5.10 Å².